The molecule has 0 amide bonds. The molecule has 0 aromatic carbocycles. The van der Waals surface area contributed by atoms with Gasteiger partial charge in [0.15, 0.2) is 0 Å². The highest BCUT2D eigenvalue weighted by Gasteiger charge is 2.36. The molecule has 0 heteroatoms. The topological polar surface area (TPSA) is 0 Å². The van der Waals surface area contributed by atoms with Crippen molar-refractivity contribution in [2.24, 2.45) is 11.3 Å². The minimum atomic E-state index is 0.854. The van der Waals surface area contributed by atoms with Crippen LogP contribution < -0.4 is 0 Å². The maximum absolute atomic E-state index is 2.42. The fraction of sp³-hybridized carbons (Fsp3) is 1.00. The lowest BCUT2D eigenvalue weighted by Crippen LogP contribution is -2.23. The van der Waals surface area contributed by atoms with Crippen LogP contribution in [0.3, 0.4) is 0 Å². The first-order chi connectivity index (χ1) is 5.31. The molecule has 2 aliphatic carbocycles. The van der Waals surface area contributed by atoms with E-state index in [1.54, 1.807) is 25.7 Å². The van der Waals surface area contributed by atoms with Crippen LogP contribution in [0.15, 0.2) is 0 Å². The maximum atomic E-state index is 2.42. The Labute approximate surface area is 70.4 Å². The van der Waals surface area contributed by atoms with Crippen LogP contribution in [0.2, 0.25) is 0 Å². The van der Waals surface area contributed by atoms with Crippen LogP contribution in [0.25, 0.3) is 0 Å². The first-order valence-corrected chi connectivity index (χ1v) is 5.31. The van der Waals surface area contributed by atoms with Gasteiger partial charge in [-0.15, -0.1) is 0 Å². The zero-order valence-corrected chi connectivity index (χ0v) is 7.73. The van der Waals surface area contributed by atoms with Crippen LogP contribution >= 0.6 is 0 Å². The van der Waals surface area contributed by atoms with E-state index in [1.165, 1.54) is 25.7 Å². The van der Waals surface area contributed by atoms with E-state index >= 15 is 0 Å². The summed E-state index contributed by atoms with van der Waals surface area (Å²) in [7, 11) is 0. The summed E-state index contributed by atoms with van der Waals surface area (Å²) >= 11 is 0. The maximum Gasteiger partial charge on any atom is -0.0297 e. The highest BCUT2D eigenvalue weighted by Crippen LogP contribution is 2.49. The molecular formula is C11H20. The molecule has 0 unspecified atom stereocenters. The van der Waals surface area contributed by atoms with Gasteiger partial charge in [0.05, 0.1) is 0 Å². The first-order valence-electron chi connectivity index (χ1n) is 5.31. The zero-order valence-electron chi connectivity index (χ0n) is 7.73. The van der Waals surface area contributed by atoms with Crippen molar-refractivity contribution < 1.29 is 0 Å². The molecule has 0 radical (unpaired) electrons. The van der Waals surface area contributed by atoms with E-state index in [1.807, 2.05) is 0 Å². The lowest BCUT2D eigenvalue weighted by molar-refractivity contribution is 0.162. The minimum absolute atomic E-state index is 0.854. The second-order valence-electron chi connectivity index (χ2n) is 4.89. The van der Waals surface area contributed by atoms with Crippen molar-refractivity contribution in [3.63, 3.8) is 0 Å². The molecule has 1 spiro atoms. The van der Waals surface area contributed by atoms with Crippen molar-refractivity contribution in [1.82, 2.24) is 0 Å². The Balaban J connectivity index is 1.94. The van der Waals surface area contributed by atoms with Gasteiger partial charge in [0.1, 0.15) is 0 Å². The molecule has 2 saturated carbocycles. The van der Waals surface area contributed by atoms with Crippen LogP contribution in [-0.2, 0) is 0 Å². The lowest BCUT2D eigenvalue weighted by Gasteiger charge is -2.36. The van der Waals surface area contributed by atoms with Gasteiger partial charge in [-0.2, -0.15) is 0 Å². The van der Waals surface area contributed by atoms with Crippen LogP contribution in [0.5, 0.6) is 0 Å². The molecule has 0 bridgehead atoms. The Hall–Kier alpha value is 0. The van der Waals surface area contributed by atoms with Crippen molar-refractivity contribution in [3.8, 4) is 0 Å². The van der Waals surface area contributed by atoms with Crippen LogP contribution in [0.1, 0.15) is 58.3 Å². The molecule has 0 aromatic heterocycles. The van der Waals surface area contributed by atoms with Crippen LogP contribution in [-0.4, -0.2) is 0 Å². The third-order valence-electron chi connectivity index (χ3n) is 4.00. The van der Waals surface area contributed by atoms with Gasteiger partial charge in [0, 0.05) is 0 Å². The Morgan fingerprint density at radius 3 is 2.00 bits per heavy atom. The fourth-order valence-electron chi connectivity index (χ4n) is 3.00. The first kappa shape index (κ1) is 7.64. The van der Waals surface area contributed by atoms with E-state index < -0.39 is 0 Å². The predicted octanol–water partition coefficient (Wildman–Crippen LogP) is 3.76. The average molecular weight is 152 g/mol. The smallest absolute Gasteiger partial charge is 0.0297 e. The van der Waals surface area contributed by atoms with E-state index in [0.717, 1.165) is 11.3 Å². The Kier molecular flexibility index (Phi) is 1.95. The van der Waals surface area contributed by atoms with Crippen molar-refractivity contribution in [1.29, 1.82) is 0 Å². The molecule has 2 aliphatic rings. The second kappa shape index (κ2) is 2.80. The molecule has 0 heterocycles. The predicted molar refractivity (Wildman–Crippen MR) is 48.5 cm³/mol. The summed E-state index contributed by atoms with van der Waals surface area (Å²) in [5.41, 5.74) is 0.854. The molecule has 64 valence electrons. The van der Waals surface area contributed by atoms with Gasteiger partial charge < -0.3 is 0 Å². The van der Waals surface area contributed by atoms with Crippen molar-refractivity contribution in [3.05, 3.63) is 0 Å². The third-order valence-corrected chi connectivity index (χ3v) is 4.00. The molecule has 0 aliphatic heterocycles. The number of hydrogen-bond acceptors (Lipinski definition) is 0. The summed E-state index contributed by atoms with van der Waals surface area (Å²) in [5.74, 6) is 1.03. The summed E-state index contributed by atoms with van der Waals surface area (Å²) in [6.07, 6.45) is 12.3. The zero-order chi connectivity index (χ0) is 7.73. The van der Waals surface area contributed by atoms with Crippen molar-refractivity contribution in [2.75, 3.05) is 0 Å². The van der Waals surface area contributed by atoms with Gasteiger partial charge in [0.25, 0.3) is 0 Å². The molecule has 0 saturated heterocycles. The van der Waals surface area contributed by atoms with Crippen molar-refractivity contribution >= 4 is 0 Å². The average Bonchev–Trinajstić information content (AvgIpc) is 2.45. The summed E-state index contributed by atoms with van der Waals surface area (Å²) in [6, 6.07) is 0. The highest BCUT2D eigenvalue weighted by atomic mass is 14.4. The Bertz CT molecular complexity index is 121. The largest absolute Gasteiger partial charge is 0.0625 e. The Morgan fingerprint density at radius 2 is 1.45 bits per heavy atom. The second-order valence-corrected chi connectivity index (χ2v) is 4.89. The quantitative estimate of drug-likeness (QED) is 0.496. The molecule has 0 aromatic rings. The summed E-state index contributed by atoms with van der Waals surface area (Å²) in [4.78, 5) is 0. The molecule has 0 nitrogen and oxygen atoms in total. The van der Waals surface area contributed by atoms with Gasteiger partial charge in [-0.1, -0.05) is 32.6 Å². The van der Waals surface area contributed by atoms with Gasteiger partial charge in [-0.25, -0.2) is 0 Å². The van der Waals surface area contributed by atoms with E-state index in [-0.39, 0.29) is 0 Å². The summed E-state index contributed by atoms with van der Waals surface area (Å²) in [5, 5.41) is 0. The van der Waals surface area contributed by atoms with Gasteiger partial charge in [0.2, 0.25) is 0 Å². The molecular weight excluding hydrogens is 132 g/mol. The van der Waals surface area contributed by atoms with Crippen molar-refractivity contribution in [2.45, 2.75) is 58.3 Å². The summed E-state index contributed by atoms with van der Waals surface area (Å²) < 4.78 is 0. The molecule has 2 fully saturated rings. The summed E-state index contributed by atoms with van der Waals surface area (Å²) in [6.45, 7) is 2.42. The van der Waals surface area contributed by atoms with Gasteiger partial charge in [-0.05, 0) is 37.0 Å². The van der Waals surface area contributed by atoms with E-state index in [4.69, 9.17) is 0 Å². The normalized spacial score (nSPS) is 31.4. The van der Waals surface area contributed by atoms with E-state index in [9.17, 15) is 0 Å². The molecule has 0 atom stereocenters. The van der Waals surface area contributed by atoms with Crippen LogP contribution in [0.4, 0.5) is 0 Å². The third kappa shape index (κ3) is 1.45. The highest BCUT2D eigenvalue weighted by molar-refractivity contribution is 4.88. The molecule has 11 heavy (non-hydrogen) atoms. The molecule has 0 N–H and O–H groups in total. The number of hydrogen-bond donors (Lipinski definition) is 0. The molecule has 2 rings (SSSR count). The number of rotatable bonds is 0. The standard InChI is InChI=1S/C11H20/c1-10-4-8-11(9-5-10)6-2-3-7-11/h10H,2-9H2,1H3. The minimum Gasteiger partial charge on any atom is -0.0625 e. The fourth-order valence-corrected chi connectivity index (χ4v) is 3.00. The van der Waals surface area contributed by atoms with Crippen LogP contribution in [0, 0.1) is 11.3 Å². The van der Waals surface area contributed by atoms with E-state index in [0.29, 0.717) is 0 Å². The van der Waals surface area contributed by atoms with Gasteiger partial charge >= 0.3 is 0 Å². The van der Waals surface area contributed by atoms with Gasteiger partial charge in [-0.3, -0.25) is 0 Å². The monoisotopic (exact) mass is 152 g/mol. The lowest BCUT2D eigenvalue weighted by atomic mass is 9.70. The SMILES string of the molecule is CC1CCC2(CCCC2)CC1. The van der Waals surface area contributed by atoms with E-state index in [2.05, 4.69) is 6.92 Å². The Morgan fingerprint density at radius 1 is 0.909 bits per heavy atom.